The molecule has 0 aliphatic carbocycles. The molecular formula is C18H24ClN3O4. The SMILES string of the molecule is CC(C)CNC(=O)c1ccc(NC(=O)N2CCCC(C(=O)O)C2)cc1Cl. The van der Waals surface area contributed by atoms with E-state index in [2.05, 4.69) is 10.6 Å². The lowest BCUT2D eigenvalue weighted by molar-refractivity contribution is -0.143. The maximum absolute atomic E-state index is 12.3. The molecule has 26 heavy (non-hydrogen) atoms. The van der Waals surface area contributed by atoms with Gasteiger partial charge < -0.3 is 20.6 Å². The fourth-order valence-corrected chi connectivity index (χ4v) is 3.00. The first-order valence-electron chi connectivity index (χ1n) is 8.64. The number of hydrogen-bond donors (Lipinski definition) is 3. The molecule has 1 saturated heterocycles. The average Bonchev–Trinajstić information content (AvgIpc) is 2.59. The number of urea groups is 1. The van der Waals surface area contributed by atoms with Crippen molar-refractivity contribution in [3.8, 4) is 0 Å². The Morgan fingerprint density at radius 3 is 2.69 bits per heavy atom. The van der Waals surface area contributed by atoms with Gasteiger partial charge in [0, 0.05) is 25.3 Å². The molecule has 1 fully saturated rings. The summed E-state index contributed by atoms with van der Waals surface area (Å²) in [6, 6.07) is 4.31. The Bertz CT molecular complexity index is 693. The van der Waals surface area contributed by atoms with Crippen molar-refractivity contribution >= 4 is 35.2 Å². The maximum Gasteiger partial charge on any atom is 0.321 e. The smallest absolute Gasteiger partial charge is 0.321 e. The van der Waals surface area contributed by atoms with E-state index in [1.165, 1.54) is 11.0 Å². The third-order valence-electron chi connectivity index (χ3n) is 4.19. The summed E-state index contributed by atoms with van der Waals surface area (Å²) in [6.45, 7) is 5.24. The van der Waals surface area contributed by atoms with Gasteiger partial charge in [0.15, 0.2) is 0 Å². The fraction of sp³-hybridized carbons (Fsp3) is 0.500. The van der Waals surface area contributed by atoms with Crippen LogP contribution in [0.25, 0.3) is 0 Å². The molecule has 3 amide bonds. The molecule has 1 unspecified atom stereocenters. The number of carboxylic acids is 1. The Balaban J connectivity index is 1.99. The second-order valence-electron chi connectivity index (χ2n) is 6.85. The average molecular weight is 382 g/mol. The third-order valence-corrected chi connectivity index (χ3v) is 4.51. The number of rotatable bonds is 5. The number of benzene rings is 1. The number of nitrogens with one attached hydrogen (secondary N) is 2. The molecular weight excluding hydrogens is 358 g/mol. The summed E-state index contributed by atoms with van der Waals surface area (Å²) in [5.74, 6) is -1.36. The third kappa shape index (κ3) is 5.36. The predicted octanol–water partition coefficient (Wildman–Crippen LogP) is 3.05. The highest BCUT2D eigenvalue weighted by Crippen LogP contribution is 2.22. The maximum atomic E-state index is 12.3. The standard InChI is InChI=1S/C18H24ClN3O4/c1-11(2)9-20-16(23)14-6-5-13(8-15(14)19)21-18(26)22-7-3-4-12(10-22)17(24)25/h5-6,8,11-12H,3-4,7,9-10H2,1-2H3,(H,20,23)(H,21,26)(H,24,25). The number of piperidine rings is 1. The normalized spacial score (nSPS) is 17.1. The Labute approximate surface area is 157 Å². The van der Waals surface area contributed by atoms with Gasteiger partial charge in [0.2, 0.25) is 0 Å². The molecule has 1 heterocycles. The van der Waals surface area contributed by atoms with Crippen LogP contribution in [0.3, 0.4) is 0 Å². The molecule has 0 spiro atoms. The minimum absolute atomic E-state index is 0.185. The molecule has 1 aromatic rings. The molecule has 0 bridgehead atoms. The number of hydrogen-bond acceptors (Lipinski definition) is 3. The molecule has 0 aromatic heterocycles. The zero-order valence-corrected chi connectivity index (χ0v) is 15.7. The van der Waals surface area contributed by atoms with E-state index in [0.717, 1.165) is 0 Å². The number of amides is 3. The molecule has 2 rings (SSSR count). The number of carboxylic acid groups (broad SMARTS) is 1. The summed E-state index contributed by atoms with van der Waals surface area (Å²) in [5, 5.41) is 14.9. The molecule has 142 valence electrons. The summed E-state index contributed by atoms with van der Waals surface area (Å²) in [4.78, 5) is 37.0. The Hall–Kier alpha value is -2.28. The summed E-state index contributed by atoms with van der Waals surface area (Å²) in [6.07, 6.45) is 1.23. The van der Waals surface area contributed by atoms with Crippen molar-refractivity contribution in [2.45, 2.75) is 26.7 Å². The molecule has 8 heteroatoms. The van der Waals surface area contributed by atoms with Gasteiger partial charge in [-0.1, -0.05) is 25.4 Å². The number of anilines is 1. The monoisotopic (exact) mass is 381 g/mol. The fourth-order valence-electron chi connectivity index (χ4n) is 2.73. The molecule has 7 nitrogen and oxygen atoms in total. The molecule has 0 radical (unpaired) electrons. The predicted molar refractivity (Wildman–Crippen MR) is 99.6 cm³/mol. The molecule has 1 aliphatic rings. The van der Waals surface area contributed by atoms with E-state index in [4.69, 9.17) is 16.7 Å². The van der Waals surface area contributed by atoms with Crippen LogP contribution in [0.1, 0.15) is 37.0 Å². The second kappa shape index (κ2) is 8.89. The van der Waals surface area contributed by atoms with Crippen LogP contribution >= 0.6 is 11.6 Å². The Kier molecular flexibility index (Phi) is 6.85. The van der Waals surface area contributed by atoms with Gasteiger partial charge >= 0.3 is 12.0 Å². The van der Waals surface area contributed by atoms with Crippen LogP contribution in [0.2, 0.25) is 5.02 Å². The molecule has 1 aromatic carbocycles. The molecule has 0 saturated carbocycles. The Morgan fingerprint density at radius 1 is 1.35 bits per heavy atom. The summed E-state index contributed by atoms with van der Waals surface area (Å²) in [7, 11) is 0. The zero-order valence-electron chi connectivity index (χ0n) is 14.9. The van der Waals surface area contributed by atoms with Crippen LogP contribution in [0.4, 0.5) is 10.5 Å². The molecule has 1 atom stereocenters. The Morgan fingerprint density at radius 2 is 2.08 bits per heavy atom. The first-order valence-corrected chi connectivity index (χ1v) is 9.02. The van der Waals surface area contributed by atoms with E-state index < -0.39 is 11.9 Å². The van der Waals surface area contributed by atoms with Gasteiger partial charge in [-0.15, -0.1) is 0 Å². The van der Waals surface area contributed by atoms with Crippen LogP contribution in [-0.4, -0.2) is 47.5 Å². The number of aliphatic carboxylic acids is 1. The van der Waals surface area contributed by atoms with Crippen LogP contribution in [0, 0.1) is 11.8 Å². The second-order valence-corrected chi connectivity index (χ2v) is 7.26. The highest BCUT2D eigenvalue weighted by molar-refractivity contribution is 6.34. The van der Waals surface area contributed by atoms with Gasteiger partial charge in [-0.3, -0.25) is 9.59 Å². The number of halogens is 1. The van der Waals surface area contributed by atoms with E-state index in [1.807, 2.05) is 13.8 Å². The largest absolute Gasteiger partial charge is 0.481 e. The van der Waals surface area contributed by atoms with Crippen molar-refractivity contribution in [1.29, 1.82) is 0 Å². The van der Waals surface area contributed by atoms with Crippen LogP contribution in [-0.2, 0) is 4.79 Å². The quantitative estimate of drug-likeness (QED) is 0.729. The van der Waals surface area contributed by atoms with Crippen LogP contribution in [0.5, 0.6) is 0 Å². The zero-order chi connectivity index (χ0) is 19.3. The number of carbonyl (C=O) groups excluding carboxylic acids is 2. The summed E-state index contributed by atoms with van der Waals surface area (Å²) >= 11 is 6.17. The van der Waals surface area contributed by atoms with E-state index in [-0.39, 0.29) is 23.5 Å². The van der Waals surface area contributed by atoms with E-state index in [1.54, 1.807) is 12.1 Å². The van der Waals surface area contributed by atoms with Crippen molar-refractivity contribution in [2.24, 2.45) is 11.8 Å². The van der Waals surface area contributed by atoms with Gasteiger partial charge in [-0.05, 0) is 37.0 Å². The minimum Gasteiger partial charge on any atom is -0.481 e. The van der Waals surface area contributed by atoms with E-state index in [9.17, 15) is 14.4 Å². The van der Waals surface area contributed by atoms with Crippen LogP contribution < -0.4 is 10.6 Å². The van der Waals surface area contributed by atoms with Gasteiger partial charge in [0.1, 0.15) is 0 Å². The van der Waals surface area contributed by atoms with Crippen molar-refractivity contribution in [1.82, 2.24) is 10.2 Å². The van der Waals surface area contributed by atoms with Crippen molar-refractivity contribution < 1.29 is 19.5 Å². The first-order chi connectivity index (χ1) is 12.3. The van der Waals surface area contributed by atoms with Crippen molar-refractivity contribution in [2.75, 3.05) is 25.0 Å². The lowest BCUT2D eigenvalue weighted by Crippen LogP contribution is -2.44. The highest BCUT2D eigenvalue weighted by atomic mass is 35.5. The number of nitrogens with zero attached hydrogens (tertiary/aromatic N) is 1. The lowest BCUT2D eigenvalue weighted by Gasteiger charge is -2.30. The van der Waals surface area contributed by atoms with E-state index >= 15 is 0 Å². The lowest BCUT2D eigenvalue weighted by atomic mass is 9.99. The first kappa shape index (κ1) is 20.0. The number of carbonyl (C=O) groups is 3. The van der Waals surface area contributed by atoms with Crippen molar-refractivity contribution in [3.05, 3.63) is 28.8 Å². The molecule has 1 aliphatic heterocycles. The van der Waals surface area contributed by atoms with Gasteiger partial charge in [-0.25, -0.2) is 4.79 Å². The van der Waals surface area contributed by atoms with Gasteiger partial charge in [-0.2, -0.15) is 0 Å². The topological polar surface area (TPSA) is 98.7 Å². The van der Waals surface area contributed by atoms with Crippen LogP contribution in [0.15, 0.2) is 18.2 Å². The van der Waals surface area contributed by atoms with Gasteiger partial charge in [0.05, 0.1) is 16.5 Å². The highest BCUT2D eigenvalue weighted by Gasteiger charge is 2.28. The van der Waals surface area contributed by atoms with Gasteiger partial charge in [0.25, 0.3) is 5.91 Å². The summed E-state index contributed by atoms with van der Waals surface area (Å²) < 4.78 is 0. The number of likely N-dealkylation sites (tertiary alicyclic amines) is 1. The van der Waals surface area contributed by atoms with Crippen molar-refractivity contribution in [3.63, 3.8) is 0 Å². The molecule has 3 N–H and O–H groups in total. The minimum atomic E-state index is -0.887. The summed E-state index contributed by atoms with van der Waals surface area (Å²) in [5.41, 5.74) is 0.798. The van der Waals surface area contributed by atoms with E-state index in [0.29, 0.717) is 43.1 Å².